The van der Waals surface area contributed by atoms with Crippen LogP contribution >= 0.6 is 0 Å². The molecular formula is C61H38F9N3. The molecule has 0 saturated carbocycles. The van der Waals surface area contributed by atoms with Crippen LogP contribution in [0.25, 0.3) is 99.5 Å². The molecule has 2 aromatic heterocycles. The van der Waals surface area contributed by atoms with Crippen molar-refractivity contribution in [2.75, 3.05) is 0 Å². The third-order valence-corrected chi connectivity index (χ3v) is 13.5. The Morgan fingerprint density at radius 1 is 0.356 bits per heavy atom. The number of fused-ring (bicyclic) bond motifs is 6. The summed E-state index contributed by atoms with van der Waals surface area (Å²) in [5.41, 5.74) is 6.79. The standard InChI is InChI=1S/C61H38F9N3/c1-34-20-40(27-43(23-34)59(62,63)64)38-13-18-56-52(30-38)48-8-4-6-10-54(48)72(56)46-15-16-47(42-22-36(3)25-45(29-42)61(68,69)70)50(32-46)51-26-37(33-71)12-17-57(51)73-55-11-7-5-9-49(55)53-31-39(14-19-58(53)73)41-21-35(2)24-44(28-41)60(65,66)67/h4-32H,1-3H3. The fourth-order valence-corrected chi connectivity index (χ4v) is 10.3. The number of aryl methyl sites for hydroxylation is 3. The van der Waals surface area contributed by atoms with Gasteiger partial charge < -0.3 is 9.13 Å². The summed E-state index contributed by atoms with van der Waals surface area (Å²) in [5.74, 6) is 0. The third kappa shape index (κ3) is 8.34. The summed E-state index contributed by atoms with van der Waals surface area (Å²) in [7, 11) is 0. The van der Waals surface area contributed by atoms with Crippen LogP contribution in [0.5, 0.6) is 0 Å². The first-order valence-corrected chi connectivity index (χ1v) is 23.1. The summed E-state index contributed by atoms with van der Waals surface area (Å²) in [6, 6.07) is 50.6. The van der Waals surface area contributed by atoms with Crippen molar-refractivity contribution in [2.24, 2.45) is 0 Å². The predicted molar refractivity (Wildman–Crippen MR) is 271 cm³/mol. The van der Waals surface area contributed by atoms with E-state index in [2.05, 4.69) is 6.07 Å². The Balaban J connectivity index is 1.17. The lowest BCUT2D eigenvalue weighted by molar-refractivity contribution is -0.138. The number of hydrogen-bond donors (Lipinski definition) is 0. The molecule has 0 fully saturated rings. The molecule has 0 aliphatic carbocycles. The molecule has 0 N–H and O–H groups in total. The van der Waals surface area contributed by atoms with Gasteiger partial charge in [0.1, 0.15) is 0 Å². The molecule has 11 rings (SSSR count). The van der Waals surface area contributed by atoms with Crippen LogP contribution in [-0.2, 0) is 18.5 Å². The zero-order chi connectivity index (χ0) is 51.3. The van der Waals surface area contributed by atoms with Crippen LogP contribution in [0.15, 0.2) is 176 Å². The molecule has 0 saturated heterocycles. The third-order valence-electron chi connectivity index (χ3n) is 13.5. The summed E-state index contributed by atoms with van der Waals surface area (Å²) in [6.45, 7) is 4.82. The lowest BCUT2D eigenvalue weighted by Gasteiger charge is -2.20. The van der Waals surface area contributed by atoms with E-state index >= 15 is 0 Å². The van der Waals surface area contributed by atoms with Gasteiger partial charge in [-0.15, -0.1) is 0 Å². The first-order valence-electron chi connectivity index (χ1n) is 23.1. The maximum Gasteiger partial charge on any atom is 0.416 e. The quantitative estimate of drug-likeness (QED) is 0.153. The number of nitriles is 1. The van der Waals surface area contributed by atoms with Crippen LogP contribution in [0, 0.1) is 32.1 Å². The largest absolute Gasteiger partial charge is 0.416 e. The van der Waals surface area contributed by atoms with Gasteiger partial charge in [-0.2, -0.15) is 44.8 Å². The van der Waals surface area contributed by atoms with Gasteiger partial charge in [0, 0.05) is 32.8 Å². The first-order chi connectivity index (χ1) is 34.7. The lowest BCUT2D eigenvalue weighted by Crippen LogP contribution is -2.06. The molecule has 0 unspecified atom stereocenters. The smallest absolute Gasteiger partial charge is 0.309 e. The van der Waals surface area contributed by atoms with Crippen molar-refractivity contribution in [2.45, 2.75) is 39.3 Å². The average Bonchev–Trinajstić information content (AvgIpc) is 3.87. The second-order valence-electron chi connectivity index (χ2n) is 18.5. The molecule has 2 heterocycles. The highest BCUT2D eigenvalue weighted by molar-refractivity contribution is 6.12. The Morgan fingerprint density at radius 2 is 0.808 bits per heavy atom. The second kappa shape index (κ2) is 17.1. The fraction of sp³-hybridized carbons (Fsp3) is 0.0984. The van der Waals surface area contributed by atoms with E-state index in [1.807, 2.05) is 94.1 Å². The van der Waals surface area contributed by atoms with Gasteiger partial charge in [0.2, 0.25) is 0 Å². The maximum absolute atomic E-state index is 14.6. The van der Waals surface area contributed by atoms with E-state index in [0.717, 1.165) is 69.0 Å². The highest BCUT2D eigenvalue weighted by atomic mass is 19.4. The lowest BCUT2D eigenvalue weighted by atomic mass is 9.90. The number of rotatable bonds is 6. The van der Waals surface area contributed by atoms with E-state index < -0.39 is 35.2 Å². The van der Waals surface area contributed by atoms with E-state index in [9.17, 15) is 44.8 Å². The Labute approximate surface area is 412 Å². The Kier molecular flexibility index (Phi) is 10.9. The molecule has 73 heavy (non-hydrogen) atoms. The Morgan fingerprint density at radius 3 is 1.32 bits per heavy atom. The topological polar surface area (TPSA) is 33.6 Å². The molecule has 0 aliphatic rings. The number of hydrogen-bond acceptors (Lipinski definition) is 1. The molecule has 12 heteroatoms. The van der Waals surface area contributed by atoms with Crippen molar-refractivity contribution in [1.29, 1.82) is 5.26 Å². The number of benzene rings is 9. The van der Waals surface area contributed by atoms with Gasteiger partial charge in [-0.25, -0.2) is 0 Å². The molecular weight excluding hydrogens is 946 g/mol. The van der Waals surface area contributed by atoms with Crippen LogP contribution < -0.4 is 0 Å². The summed E-state index contributed by atoms with van der Waals surface area (Å²) >= 11 is 0. The molecule has 0 bridgehead atoms. The second-order valence-corrected chi connectivity index (χ2v) is 18.5. The van der Waals surface area contributed by atoms with E-state index in [1.54, 1.807) is 75.4 Å². The minimum absolute atomic E-state index is 0.271. The monoisotopic (exact) mass is 983 g/mol. The molecule has 0 spiro atoms. The van der Waals surface area contributed by atoms with Crippen LogP contribution in [0.2, 0.25) is 0 Å². The van der Waals surface area contributed by atoms with Gasteiger partial charge >= 0.3 is 18.5 Å². The van der Waals surface area contributed by atoms with Crippen molar-refractivity contribution < 1.29 is 39.5 Å². The molecule has 11 aromatic rings. The molecule has 3 nitrogen and oxygen atoms in total. The zero-order valence-electron chi connectivity index (χ0n) is 39.0. The van der Waals surface area contributed by atoms with E-state index in [4.69, 9.17) is 0 Å². The maximum atomic E-state index is 14.6. The first kappa shape index (κ1) is 46.8. The van der Waals surface area contributed by atoms with Crippen molar-refractivity contribution in [3.63, 3.8) is 0 Å². The molecule has 0 atom stereocenters. The zero-order valence-corrected chi connectivity index (χ0v) is 39.0. The minimum atomic E-state index is -4.67. The number of alkyl halides is 9. The van der Waals surface area contributed by atoms with Crippen LogP contribution in [0.1, 0.15) is 38.9 Å². The van der Waals surface area contributed by atoms with Gasteiger partial charge in [0.25, 0.3) is 0 Å². The molecule has 9 aromatic carbocycles. The normalized spacial score (nSPS) is 12.4. The highest BCUT2D eigenvalue weighted by Gasteiger charge is 2.33. The molecule has 0 aliphatic heterocycles. The van der Waals surface area contributed by atoms with E-state index in [0.29, 0.717) is 78.0 Å². The predicted octanol–water partition coefficient (Wildman–Crippen LogP) is 18.4. The molecule has 0 amide bonds. The summed E-state index contributed by atoms with van der Waals surface area (Å²) < 4.78 is 132. The van der Waals surface area contributed by atoms with Crippen LogP contribution in [-0.4, -0.2) is 9.13 Å². The summed E-state index contributed by atoms with van der Waals surface area (Å²) in [5, 5.41) is 13.5. The number of nitrogens with zero attached hydrogens (tertiary/aromatic N) is 3. The fourth-order valence-electron chi connectivity index (χ4n) is 10.3. The van der Waals surface area contributed by atoms with Crippen LogP contribution in [0.3, 0.4) is 0 Å². The van der Waals surface area contributed by atoms with Gasteiger partial charge in [-0.1, -0.05) is 72.8 Å². The Bertz CT molecular complexity index is 4100. The number of halogens is 9. The number of aromatic nitrogens is 2. The van der Waals surface area contributed by atoms with Gasteiger partial charge in [-0.05, 0) is 180 Å². The molecule has 0 radical (unpaired) electrons. The van der Waals surface area contributed by atoms with E-state index in [-0.39, 0.29) is 11.1 Å². The van der Waals surface area contributed by atoms with Crippen molar-refractivity contribution >= 4 is 43.6 Å². The summed E-state index contributed by atoms with van der Waals surface area (Å²) in [4.78, 5) is 0. The van der Waals surface area contributed by atoms with Gasteiger partial charge in [-0.3, -0.25) is 0 Å². The van der Waals surface area contributed by atoms with Crippen molar-refractivity contribution in [3.8, 4) is 62.0 Å². The summed E-state index contributed by atoms with van der Waals surface area (Å²) in [6.07, 6.45) is -13.8. The van der Waals surface area contributed by atoms with E-state index in [1.165, 1.54) is 0 Å². The van der Waals surface area contributed by atoms with Gasteiger partial charge in [0.05, 0.1) is 56.1 Å². The highest BCUT2D eigenvalue weighted by Crippen LogP contribution is 2.45. The van der Waals surface area contributed by atoms with Crippen molar-refractivity contribution in [1.82, 2.24) is 9.13 Å². The average molecular weight is 984 g/mol. The SMILES string of the molecule is Cc1cc(-c2ccc3c(c2)c2ccccc2n3-c2ccc(-c3cc(C)cc(C(F)(F)F)c3)c(-c3cc(C#N)ccc3-n3c4ccccc4c4cc(-c5cc(C)cc(C(F)(F)F)c5)ccc43)c2)cc(C(F)(F)F)c1. The van der Waals surface area contributed by atoms with Crippen molar-refractivity contribution in [3.05, 3.63) is 215 Å². The van der Waals surface area contributed by atoms with Gasteiger partial charge in [0.15, 0.2) is 0 Å². The van der Waals surface area contributed by atoms with Crippen LogP contribution in [0.4, 0.5) is 39.5 Å². The number of para-hydroxylation sites is 2. The minimum Gasteiger partial charge on any atom is -0.309 e. The Hall–Kier alpha value is -8.56. The molecule has 360 valence electrons.